The molecule has 0 saturated carbocycles. The Morgan fingerprint density at radius 3 is 1.71 bits per heavy atom. The van der Waals surface area contributed by atoms with Crippen molar-refractivity contribution in [3.63, 3.8) is 0 Å². The number of ether oxygens (including phenoxy) is 1. The highest BCUT2D eigenvalue weighted by atomic mass is 16.5. The van der Waals surface area contributed by atoms with Gasteiger partial charge in [-0.25, -0.2) is 0 Å². The minimum absolute atomic E-state index is 0.404. The van der Waals surface area contributed by atoms with Crippen LogP contribution in [0.4, 0.5) is 11.4 Å². The van der Waals surface area contributed by atoms with Crippen molar-refractivity contribution < 1.29 is 4.74 Å². The van der Waals surface area contributed by atoms with Gasteiger partial charge in [0.1, 0.15) is 16.8 Å². The third-order valence-corrected chi connectivity index (χ3v) is 6.70. The van der Waals surface area contributed by atoms with Gasteiger partial charge in [0.25, 0.3) is 0 Å². The van der Waals surface area contributed by atoms with Crippen LogP contribution in [0.15, 0.2) is 48.5 Å². The molecule has 0 aliphatic carbocycles. The second kappa shape index (κ2) is 11.9. The molecule has 0 aliphatic rings. The maximum Gasteiger partial charge on any atom is 0.123 e. The summed E-state index contributed by atoms with van der Waals surface area (Å²) in [6.07, 6.45) is 3.50. The summed E-state index contributed by atoms with van der Waals surface area (Å²) in [6.45, 7) is 14.5. The Bertz CT molecular complexity index is 1350. The lowest BCUT2D eigenvalue weighted by atomic mass is 9.93. The predicted octanol–water partition coefficient (Wildman–Crippen LogP) is 7.60. The molecule has 6 heteroatoms. The van der Waals surface area contributed by atoms with Crippen LogP contribution in [-0.4, -0.2) is 21.6 Å². The van der Waals surface area contributed by atoms with Crippen LogP contribution in [0.25, 0.3) is 33.3 Å². The van der Waals surface area contributed by atoms with E-state index in [0.717, 1.165) is 51.4 Å². The van der Waals surface area contributed by atoms with Gasteiger partial charge in [-0.15, -0.1) is 0 Å². The van der Waals surface area contributed by atoms with Crippen LogP contribution >= 0.6 is 0 Å². The van der Waals surface area contributed by atoms with E-state index >= 15 is 0 Å². The zero-order valence-electron chi connectivity index (χ0n) is 23.8. The lowest BCUT2D eigenvalue weighted by Gasteiger charge is -2.15. The molecule has 0 amide bonds. The van der Waals surface area contributed by atoms with Crippen molar-refractivity contribution in [3.05, 3.63) is 54.1 Å². The summed E-state index contributed by atoms with van der Waals surface area (Å²) in [7, 11) is 0. The van der Waals surface area contributed by atoms with Crippen LogP contribution in [-0.2, 0) is 13.0 Å². The Balaban J connectivity index is 1.78. The Labute approximate surface area is 227 Å². The number of fused-ring (bicyclic) bond motifs is 1. The molecule has 4 rings (SSSR count). The number of nitrogen functional groups attached to an aromatic ring is 2. The van der Waals surface area contributed by atoms with Crippen LogP contribution < -0.4 is 16.2 Å². The SMILES string of the molecule is CC(C)CCCc1ccc(-c2c(N)c(N)c(-c3ccc(OCC(C)C)cc3)c3nn(CC(C)C)nc23)cc1. The molecule has 1 heterocycles. The number of benzene rings is 3. The molecule has 4 aromatic rings. The predicted molar refractivity (Wildman–Crippen MR) is 160 cm³/mol. The lowest BCUT2D eigenvalue weighted by Crippen LogP contribution is -2.07. The monoisotopic (exact) mass is 513 g/mol. The van der Waals surface area contributed by atoms with Gasteiger partial charge in [0.05, 0.1) is 24.5 Å². The first-order valence-electron chi connectivity index (χ1n) is 13.9. The molecule has 0 unspecified atom stereocenters. The van der Waals surface area contributed by atoms with Crippen LogP contribution in [0.2, 0.25) is 0 Å². The Morgan fingerprint density at radius 2 is 1.24 bits per heavy atom. The topological polar surface area (TPSA) is 92.0 Å². The molecule has 3 aromatic carbocycles. The van der Waals surface area contributed by atoms with Gasteiger partial charge >= 0.3 is 0 Å². The van der Waals surface area contributed by atoms with E-state index in [1.807, 2.05) is 24.3 Å². The molecule has 4 N–H and O–H groups in total. The van der Waals surface area contributed by atoms with Crippen molar-refractivity contribution in [2.24, 2.45) is 17.8 Å². The van der Waals surface area contributed by atoms with E-state index in [1.165, 1.54) is 18.4 Å². The Hall–Kier alpha value is -3.54. The first-order chi connectivity index (χ1) is 18.1. The molecule has 202 valence electrons. The number of rotatable bonds is 11. The summed E-state index contributed by atoms with van der Waals surface area (Å²) in [5, 5.41) is 9.83. The lowest BCUT2D eigenvalue weighted by molar-refractivity contribution is 0.271. The van der Waals surface area contributed by atoms with Crippen LogP contribution in [0.3, 0.4) is 0 Å². The van der Waals surface area contributed by atoms with E-state index in [4.69, 9.17) is 26.4 Å². The fraction of sp³-hybridized carbons (Fsp3) is 0.438. The number of aromatic nitrogens is 3. The zero-order valence-corrected chi connectivity index (χ0v) is 23.8. The third-order valence-electron chi connectivity index (χ3n) is 6.70. The van der Waals surface area contributed by atoms with Gasteiger partial charge in [0.2, 0.25) is 0 Å². The fourth-order valence-corrected chi connectivity index (χ4v) is 4.74. The minimum atomic E-state index is 0.404. The molecule has 0 spiro atoms. The summed E-state index contributed by atoms with van der Waals surface area (Å²) >= 11 is 0. The van der Waals surface area contributed by atoms with Crippen molar-refractivity contribution in [1.82, 2.24) is 15.0 Å². The average molecular weight is 514 g/mol. The summed E-state index contributed by atoms with van der Waals surface area (Å²) in [4.78, 5) is 1.78. The van der Waals surface area contributed by atoms with Gasteiger partial charge in [-0.05, 0) is 59.4 Å². The van der Waals surface area contributed by atoms with Crippen molar-refractivity contribution in [3.8, 4) is 28.0 Å². The zero-order chi connectivity index (χ0) is 27.4. The molecular formula is C32H43N5O. The molecular weight excluding hydrogens is 470 g/mol. The molecule has 0 bridgehead atoms. The van der Waals surface area contributed by atoms with E-state index in [2.05, 4.69) is 65.8 Å². The van der Waals surface area contributed by atoms with Gasteiger partial charge in [0.15, 0.2) is 0 Å². The van der Waals surface area contributed by atoms with Gasteiger partial charge in [0, 0.05) is 11.1 Å². The fourth-order valence-electron chi connectivity index (χ4n) is 4.74. The first-order valence-corrected chi connectivity index (χ1v) is 13.9. The molecule has 0 saturated heterocycles. The van der Waals surface area contributed by atoms with E-state index in [-0.39, 0.29) is 0 Å². The van der Waals surface area contributed by atoms with Crippen molar-refractivity contribution in [2.45, 2.75) is 67.3 Å². The normalized spacial score (nSPS) is 11.8. The van der Waals surface area contributed by atoms with E-state index in [1.54, 1.807) is 4.80 Å². The van der Waals surface area contributed by atoms with E-state index in [0.29, 0.717) is 36.4 Å². The number of hydrogen-bond acceptors (Lipinski definition) is 5. The van der Waals surface area contributed by atoms with Crippen LogP contribution in [0, 0.1) is 17.8 Å². The summed E-state index contributed by atoms with van der Waals surface area (Å²) in [5.41, 5.74) is 21.1. The van der Waals surface area contributed by atoms with Gasteiger partial charge in [-0.1, -0.05) is 84.4 Å². The second-order valence-electron chi connectivity index (χ2n) is 11.6. The number of hydrogen-bond donors (Lipinski definition) is 2. The van der Waals surface area contributed by atoms with Gasteiger partial charge in [-0.2, -0.15) is 15.0 Å². The number of nitrogens with two attached hydrogens (primary N) is 2. The second-order valence-corrected chi connectivity index (χ2v) is 11.6. The van der Waals surface area contributed by atoms with E-state index in [9.17, 15) is 0 Å². The Morgan fingerprint density at radius 1 is 0.711 bits per heavy atom. The molecule has 0 fully saturated rings. The Kier molecular flexibility index (Phi) is 8.60. The quantitative estimate of drug-likeness (QED) is 0.201. The molecule has 38 heavy (non-hydrogen) atoms. The number of anilines is 2. The van der Waals surface area contributed by atoms with Gasteiger partial charge < -0.3 is 16.2 Å². The molecule has 6 nitrogen and oxygen atoms in total. The smallest absolute Gasteiger partial charge is 0.123 e. The largest absolute Gasteiger partial charge is 0.493 e. The minimum Gasteiger partial charge on any atom is -0.493 e. The van der Waals surface area contributed by atoms with Crippen molar-refractivity contribution >= 4 is 22.4 Å². The number of nitrogens with zero attached hydrogens (tertiary/aromatic N) is 3. The van der Waals surface area contributed by atoms with Crippen molar-refractivity contribution in [2.75, 3.05) is 18.1 Å². The third kappa shape index (κ3) is 6.29. The first kappa shape index (κ1) is 27.5. The molecule has 1 aromatic heterocycles. The maximum atomic E-state index is 6.77. The van der Waals surface area contributed by atoms with Crippen molar-refractivity contribution in [1.29, 1.82) is 0 Å². The van der Waals surface area contributed by atoms with E-state index < -0.39 is 0 Å². The number of aryl methyl sites for hydroxylation is 1. The highest BCUT2D eigenvalue weighted by Gasteiger charge is 2.23. The standard InChI is InChI=1S/C32H43N5O/c1-20(2)8-7-9-23-10-12-24(13-11-23)27-29(33)30(34)28(32-31(27)35-37(36-32)18-21(3)4)25-14-16-26(17-15-25)38-19-22(5)6/h10-17,20-22H,7-9,18-19,33-34H2,1-6H3. The highest BCUT2D eigenvalue weighted by molar-refractivity contribution is 6.12. The molecule has 0 atom stereocenters. The summed E-state index contributed by atoms with van der Waals surface area (Å²) in [5.74, 6) is 2.42. The molecule has 0 radical (unpaired) electrons. The van der Waals surface area contributed by atoms with Crippen LogP contribution in [0.5, 0.6) is 5.75 Å². The molecule has 0 aliphatic heterocycles. The summed E-state index contributed by atoms with van der Waals surface area (Å²) in [6, 6.07) is 16.7. The summed E-state index contributed by atoms with van der Waals surface area (Å²) < 4.78 is 5.88. The van der Waals surface area contributed by atoms with Gasteiger partial charge in [-0.3, -0.25) is 0 Å². The van der Waals surface area contributed by atoms with Crippen LogP contribution in [0.1, 0.15) is 59.9 Å². The highest BCUT2D eigenvalue weighted by Crippen LogP contribution is 2.44. The maximum absolute atomic E-state index is 6.77. The average Bonchev–Trinajstić information content (AvgIpc) is 3.26.